The van der Waals surface area contributed by atoms with E-state index in [2.05, 4.69) is 26.1 Å². The minimum absolute atomic E-state index is 0.217. The van der Waals surface area contributed by atoms with Crippen molar-refractivity contribution >= 4 is 10.8 Å². The van der Waals surface area contributed by atoms with Crippen LogP contribution in [-0.2, 0) is 10.8 Å². The fourth-order valence-corrected chi connectivity index (χ4v) is 3.35. The van der Waals surface area contributed by atoms with Crippen molar-refractivity contribution in [1.82, 2.24) is 5.32 Å². The Morgan fingerprint density at radius 3 is 2.68 bits per heavy atom. The first kappa shape index (κ1) is 16.3. The van der Waals surface area contributed by atoms with Gasteiger partial charge in [-0.1, -0.05) is 33.3 Å². The van der Waals surface area contributed by atoms with E-state index >= 15 is 0 Å². The van der Waals surface area contributed by atoms with Crippen LogP contribution in [0.4, 0.5) is 4.39 Å². The average molecular weight is 285 g/mol. The molecule has 1 aromatic rings. The Labute approximate surface area is 118 Å². The third-order valence-electron chi connectivity index (χ3n) is 3.38. The molecule has 0 aliphatic heterocycles. The van der Waals surface area contributed by atoms with E-state index in [4.69, 9.17) is 0 Å². The summed E-state index contributed by atoms with van der Waals surface area (Å²) in [6, 6.07) is 6.30. The minimum atomic E-state index is -1.15. The van der Waals surface area contributed by atoms with Crippen molar-refractivity contribution in [2.24, 2.45) is 5.92 Å². The fraction of sp³-hybridized carbons (Fsp3) is 0.600. The van der Waals surface area contributed by atoms with Crippen molar-refractivity contribution in [2.75, 3.05) is 12.3 Å². The van der Waals surface area contributed by atoms with E-state index in [1.807, 2.05) is 0 Å². The Bertz CT molecular complexity index is 411. The standard InChI is InChI=1S/C15H24FNOS/c1-4-9-17-15(12(3)5-2)11-19(18)14-8-6-7-13(16)10-14/h6-8,10,12,15,17H,4-5,9,11H2,1-3H3. The summed E-state index contributed by atoms with van der Waals surface area (Å²) >= 11 is 0. The van der Waals surface area contributed by atoms with Crippen molar-refractivity contribution in [3.8, 4) is 0 Å². The number of hydrogen-bond donors (Lipinski definition) is 1. The van der Waals surface area contributed by atoms with Crippen molar-refractivity contribution in [3.63, 3.8) is 0 Å². The topological polar surface area (TPSA) is 29.1 Å². The minimum Gasteiger partial charge on any atom is -0.313 e. The SMILES string of the molecule is CCCNC(CS(=O)c1cccc(F)c1)C(C)CC. The molecule has 19 heavy (non-hydrogen) atoms. The molecule has 0 saturated carbocycles. The van der Waals surface area contributed by atoms with E-state index in [1.54, 1.807) is 12.1 Å². The van der Waals surface area contributed by atoms with Gasteiger partial charge in [-0.3, -0.25) is 4.21 Å². The number of rotatable bonds is 8. The van der Waals surface area contributed by atoms with E-state index in [1.165, 1.54) is 12.1 Å². The molecule has 0 fully saturated rings. The second kappa shape index (κ2) is 8.43. The Kier molecular flexibility index (Phi) is 7.24. The molecule has 0 saturated heterocycles. The van der Waals surface area contributed by atoms with E-state index in [0.717, 1.165) is 19.4 Å². The van der Waals surface area contributed by atoms with Crippen LogP contribution in [-0.4, -0.2) is 22.5 Å². The van der Waals surface area contributed by atoms with Crippen LogP contribution < -0.4 is 5.32 Å². The second-order valence-electron chi connectivity index (χ2n) is 4.92. The zero-order valence-electron chi connectivity index (χ0n) is 12.0. The summed E-state index contributed by atoms with van der Waals surface area (Å²) in [5.74, 6) is 0.676. The summed E-state index contributed by atoms with van der Waals surface area (Å²) in [5.41, 5.74) is 0. The molecule has 0 heterocycles. The molecule has 1 aromatic carbocycles. The molecule has 0 amide bonds. The predicted molar refractivity (Wildman–Crippen MR) is 79.2 cm³/mol. The Morgan fingerprint density at radius 1 is 1.37 bits per heavy atom. The fourth-order valence-electron chi connectivity index (χ4n) is 1.91. The largest absolute Gasteiger partial charge is 0.313 e. The molecular formula is C15H24FNOS. The third-order valence-corrected chi connectivity index (χ3v) is 4.82. The van der Waals surface area contributed by atoms with Gasteiger partial charge < -0.3 is 5.32 Å². The van der Waals surface area contributed by atoms with Crippen LogP contribution in [0.5, 0.6) is 0 Å². The summed E-state index contributed by atoms with van der Waals surface area (Å²) in [7, 11) is -1.15. The maximum atomic E-state index is 13.1. The highest BCUT2D eigenvalue weighted by Crippen LogP contribution is 2.14. The summed E-state index contributed by atoms with van der Waals surface area (Å²) in [4.78, 5) is 0.576. The molecule has 1 N–H and O–H groups in total. The molecule has 0 aromatic heterocycles. The average Bonchev–Trinajstić information content (AvgIpc) is 2.42. The molecule has 3 unspecified atom stereocenters. The number of hydrogen-bond acceptors (Lipinski definition) is 2. The van der Waals surface area contributed by atoms with Gasteiger partial charge in [-0.25, -0.2) is 4.39 Å². The van der Waals surface area contributed by atoms with Crippen LogP contribution in [0.2, 0.25) is 0 Å². The Hall–Kier alpha value is -0.740. The van der Waals surface area contributed by atoms with Crippen LogP contribution in [0.1, 0.15) is 33.6 Å². The van der Waals surface area contributed by atoms with Crippen molar-refractivity contribution in [2.45, 2.75) is 44.6 Å². The van der Waals surface area contributed by atoms with Gasteiger partial charge in [-0.05, 0) is 37.1 Å². The lowest BCUT2D eigenvalue weighted by molar-refractivity contribution is 0.394. The van der Waals surface area contributed by atoms with Crippen LogP contribution in [0.3, 0.4) is 0 Å². The first-order valence-electron chi connectivity index (χ1n) is 6.95. The number of halogens is 1. The van der Waals surface area contributed by atoms with Crippen LogP contribution in [0, 0.1) is 11.7 Å². The van der Waals surface area contributed by atoms with Crippen LogP contribution in [0.25, 0.3) is 0 Å². The Morgan fingerprint density at radius 2 is 2.11 bits per heavy atom. The van der Waals surface area contributed by atoms with Crippen LogP contribution >= 0.6 is 0 Å². The highest BCUT2D eigenvalue weighted by molar-refractivity contribution is 7.85. The smallest absolute Gasteiger partial charge is 0.124 e. The van der Waals surface area contributed by atoms with Crippen molar-refractivity contribution in [1.29, 1.82) is 0 Å². The summed E-state index contributed by atoms with van der Waals surface area (Å²) in [6.45, 7) is 7.34. The number of nitrogens with one attached hydrogen (secondary N) is 1. The molecule has 108 valence electrons. The lowest BCUT2D eigenvalue weighted by atomic mass is 10.0. The molecule has 0 bridgehead atoms. The maximum Gasteiger partial charge on any atom is 0.124 e. The van der Waals surface area contributed by atoms with Gasteiger partial charge in [0.1, 0.15) is 5.82 Å². The first-order valence-corrected chi connectivity index (χ1v) is 8.27. The first-order chi connectivity index (χ1) is 9.08. The number of benzene rings is 1. The van der Waals surface area contributed by atoms with E-state index in [9.17, 15) is 8.60 Å². The second-order valence-corrected chi connectivity index (χ2v) is 6.41. The zero-order valence-corrected chi connectivity index (χ0v) is 12.8. The van der Waals surface area contributed by atoms with Gasteiger partial charge in [0, 0.05) is 16.7 Å². The highest BCUT2D eigenvalue weighted by Gasteiger charge is 2.19. The summed E-state index contributed by atoms with van der Waals surface area (Å²) in [6.07, 6.45) is 2.10. The zero-order chi connectivity index (χ0) is 14.3. The summed E-state index contributed by atoms with van der Waals surface area (Å²) < 4.78 is 25.4. The predicted octanol–water partition coefficient (Wildman–Crippen LogP) is 3.35. The van der Waals surface area contributed by atoms with E-state index < -0.39 is 10.8 Å². The molecule has 1 rings (SSSR count). The molecule has 0 radical (unpaired) electrons. The van der Waals surface area contributed by atoms with E-state index in [0.29, 0.717) is 16.6 Å². The Balaban J connectivity index is 2.69. The normalized spacial score (nSPS) is 16.0. The van der Waals surface area contributed by atoms with Gasteiger partial charge >= 0.3 is 0 Å². The van der Waals surface area contributed by atoms with Gasteiger partial charge in [0.25, 0.3) is 0 Å². The van der Waals surface area contributed by atoms with Gasteiger partial charge in [0.2, 0.25) is 0 Å². The maximum absolute atomic E-state index is 13.1. The molecule has 3 atom stereocenters. The van der Waals surface area contributed by atoms with Gasteiger partial charge in [0.05, 0.1) is 10.8 Å². The molecular weight excluding hydrogens is 261 g/mol. The lowest BCUT2D eigenvalue weighted by Crippen LogP contribution is -2.39. The summed E-state index contributed by atoms with van der Waals surface area (Å²) in [5, 5.41) is 3.45. The highest BCUT2D eigenvalue weighted by atomic mass is 32.2. The van der Waals surface area contributed by atoms with Gasteiger partial charge in [0.15, 0.2) is 0 Å². The molecule has 2 nitrogen and oxygen atoms in total. The van der Waals surface area contributed by atoms with Crippen LogP contribution in [0.15, 0.2) is 29.2 Å². The molecule has 4 heteroatoms. The third kappa shape index (κ3) is 5.41. The molecule has 0 spiro atoms. The van der Waals surface area contributed by atoms with Gasteiger partial charge in [-0.15, -0.1) is 0 Å². The lowest BCUT2D eigenvalue weighted by Gasteiger charge is -2.24. The molecule has 0 aliphatic carbocycles. The van der Waals surface area contributed by atoms with Gasteiger partial charge in [-0.2, -0.15) is 0 Å². The van der Waals surface area contributed by atoms with Crippen molar-refractivity contribution < 1.29 is 8.60 Å². The quantitative estimate of drug-likeness (QED) is 0.793. The molecule has 0 aliphatic rings. The van der Waals surface area contributed by atoms with Crippen molar-refractivity contribution in [3.05, 3.63) is 30.1 Å². The monoisotopic (exact) mass is 285 g/mol. The van der Waals surface area contributed by atoms with E-state index in [-0.39, 0.29) is 11.9 Å².